The molecule has 2 aliphatic heterocycles. The number of amides is 2. The minimum atomic E-state index is -4.46. The van der Waals surface area contributed by atoms with Crippen LogP contribution in [-0.2, 0) is 24.3 Å². The summed E-state index contributed by atoms with van der Waals surface area (Å²) in [6.07, 6.45) is -4.41. The van der Waals surface area contributed by atoms with Gasteiger partial charge in [-0.3, -0.25) is 14.3 Å². The van der Waals surface area contributed by atoms with E-state index in [4.69, 9.17) is 4.74 Å². The third-order valence-corrected chi connectivity index (χ3v) is 7.24. The van der Waals surface area contributed by atoms with Crippen molar-refractivity contribution in [1.82, 2.24) is 30.0 Å². The van der Waals surface area contributed by atoms with Crippen molar-refractivity contribution in [2.75, 3.05) is 23.9 Å². The summed E-state index contributed by atoms with van der Waals surface area (Å²) in [5, 5.41) is 10.4. The smallest absolute Gasteiger partial charge is 0.409 e. The second-order valence-corrected chi connectivity index (χ2v) is 10.0. The maximum atomic E-state index is 13.8. The molecule has 0 aliphatic carbocycles. The Morgan fingerprint density at radius 3 is 2.73 bits per heavy atom. The Hall–Kier alpha value is -4.23. The Morgan fingerprint density at radius 1 is 1.25 bits per heavy atom. The highest BCUT2D eigenvalue weighted by atomic mass is 19.4. The van der Waals surface area contributed by atoms with Gasteiger partial charge in [0, 0.05) is 32.1 Å². The normalized spacial score (nSPS) is 16.6. The van der Waals surface area contributed by atoms with Gasteiger partial charge in [0.05, 0.1) is 17.8 Å². The number of anilines is 2. The zero-order chi connectivity index (χ0) is 28.8. The summed E-state index contributed by atoms with van der Waals surface area (Å²) >= 11 is 0. The lowest BCUT2D eigenvalue weighted by Gasteiger charge is -2.27. The number of rotatable bonds is 6. The molecule has 2 aliphatic rings. The summed E-state index contributed by atoms with van der Waals surface area (Å²) in [5.41, 5.74) is 1.57. The van der Waals surface area contributed by atoms with Crippen molar-refractivity contribution in [3.8, 4) is 11.5 Å². The Labute approximate surface area is 228 Å². The molecular weight excluding hydrogens is 529 g/mol. The number of alkyl halides is 3. The molecule has 5 heterocycles. The average Bonchev–Trinajstić information content (AvgIpc) is 3.51. The third-order valence-electron chi connectivity index (χ3n) is 7.24. The van der Waals surface area contributed by atoms with Crippen LogP contribution in [0.5, 0.6) is 0 Å². The summed E-state index contributed by atoms with van der Waals surface area (Å²) < 4.78 is 47.9. The van der Waals surface area contributed by atoms with Gasteiger partial charge in [-0.15, -0.1) is 10.2 Å². The number of alkyl carbamates (subject to hydrolysis) is 1. The Bertz CT molecular complexity index is 1460. The van der Waals surface area contributed by atoms with Gasteiger partial charge >= 0.3 is 12.3 Å². The van der Waals surface area contributed by atoms with Crippen LogP contribution in [0.1, 0.15) is 60.2 Å². The van der Waals surface area contributed by atoms with Gasteiger partial charge in [-0.25, -0.2) is 14.8 Å². The van der Waals surface area contributed by atoms with E-state index in [0.29, 0.717) is 35.5 Å². The first-order valence-electron chi connectivity index (χ1n) is 12.9. The Kier molecular flexibility index (Phi) is 7.10. The molecule has 0 saturated carbocycles. The van der Waals surface area contributed by atoms with Crippen LogP contribution >= 0.6 is 0 Å². The number of aryl methyl sites for hydroxylation is 1. The highest BCUT2D eigenvalue weighted by molar-refractivity contribution is 6.10. The van der Waals surface area contributed by atoms with Crippen LogP contribution in [0.25, 0.3) is 11.5 Å². The number of nitrogens with zero attached hydrogens (tertiary/aromatic N) is 7. The standard InChI is InChI=1S/C26H29F3N8O3/c1-14(2)35(4)22-11-15-16(18(32-22)13-40-25(39)30-3)12-36(24(15)38)20-9-5-7-17(31-20)23-34-33-21-10-6-8-19(37(21)23)26(27,28)29/h5,7,9,11,14,19H,6,8,10,12-13H2,1-4H3,(H,30,39). The number of hydrogen-bond donors (Lipinski definition) is 1. The topological polar surface area (TPSA) is 118 Å². The monoisotopic (exact) mass is 558 g/mol. The number of ether oxygens (including phenoxy) is 1. The summed E-state index contributed by atoms with van der Waals surface area (Å²) in [5.74, 6) is 0.694. The van der Waals surface area contributed by atoms with Gasteiger partial charge < -0.3 is 15.0 Å². The number of nitrogens with one attached hydrogen (secondary N) is 1. The van der Waals surface area contributed by atoms with Gasteiger partial charge in [0.15, 0.2) is 5.82 Å². The molecule has 3 aromatic heterocycles. The molecule has 212 valence electrons. The van der Waals surface area contributed by atoms with Gasteiger partial charge in [-0.1, -0.05) is 6.07 Å². The van der Waals surface area contributed by atoms with Crippen molar-refractivity contribution >= 4 is 23.6 Å². The molecule has 0 spiro atoms. The minimum absolute atomic E-state index is 0.00483. The number of halogens is 3. The van der Waals surface area contributed by atoms with E-state index in [1.54, 1.807) is 24.3 Å². The average molecular weight is 559 g/mol. The lowest BCUT2D eigenvalue weighted by molar-refractivity contribution is -0.171. The van der Waals surface area contributed by atoms with Gasteiger partial charge in [0.1, 0.15) is 35.8 Å². The number of pyridine rings is 2. The summed E-state index contributed by atoms with van der Waals surface area (Å²) in [4.78, 5) is 37.9. The van der Waals surface area contributed by atoms with Gasteiger partial charge in [0.2, 0.25) is 0 Å². The predicted molar refractivity (Wildman–Crippen MR) is 139 cm³/mol. The first-order valence-corrected chi connectivity index (χ1v) is 12.9. The highest BCUT2D eigenvalue weighted by Crippen LogP contribution is 2.41. The van der Waals surface area contributed by atoms with Crippen LogP contribution in [0.4, 0.5) is 29.6 Å². The molecule has 0 radical (unpaired) electrons. The molecule has 14 heteroatoms. The molecule has 1 atom stereocenters. The van der Waals surface area contributed by atoms with Crippen molar-refractivity contribution in [3.63, 3.8) is 0 Å². The van der Waals surface area contributed by atoms with E-state index < -0.39 is 18.3 Å². The molecule has 11 nitrogen and oxygen atoms in total. The fraction of sp³-hybridized carbons (Fsp3) is 0.462. The van der Waals surface area contributed by atoms with E-state index in [9.17, 15) is 22.8 Å². The molecule has 1 unspecified atom stereocenters. The molecule has 3 aromatic rings. The molecule has 40 heavy (non-hydrogen) atoms. The van der Waals surface area contributed by atoms with Crippen molar-refractivity contribution in [1.29, 1.82) is 0 Å². The zero-order valence-corrected chi connectivity index (χ0v) is 22.5. The highest BCUT2D eigenvalue weighted by Gasteiger charge is 2.45. The van der Waals surface area contributed by atoms with Crippen molar-refractivity contribution < 1.29 is 27.5 Å². The number of carbonyl (C=O) groups is 2. The van der Waals surface area contributed by atoms with Crippen molar-refractivity contribution in [3.05, 3.63) is 46.9 Å². The van der Waals surface area contributed by atoms with Crippen LogP contribution in [0.15, 0.2) is 24.3 Å². The lowest BCUT2D eigenvalue weighted by atomic mass is 10.0. The van der Waals surface area contributed by atoms with E-state index in [1.807, 2.05) is 25.8 Å². The second-order valence-electron chi connectivity index (χ2n) is 10.0. The molecule has 0 bridgehead atoms. The van der Waals surface area contributed by atoms with E-state index >= 15 is 0 Å². The van der Waals surface area contributed by atoms with Gasteiger partial charge in [-0.05, 0) is 44.9 Å². The first kappa shape index (κ1) is 27.3. The summed E-state index contributed by atoms with van der Waals surface area (Å²) in [6.45, 7) is 3.90. The molecule has 0 saturated heterocycles. The third kappa shape index (κ3) is 4.93. The maximum Gasteiger partial charge on any atom is 0.409 e. The van der Waals surface area contributed by atoms with Gasteiger partial charge in [-0.2, -0.15) is 13.2 Å². The number of carbonyl (C=O) groups excluding carboxylic acids is 2. The number of hydrogen-bond acceptors (Lipinski definition) is 8. The van der Waals surface area contributed by atoms with Gasteiger partial charge in [0.25, 0.3) is 5.91 Å². The second kappa shape index (κ2) is 10.4. The molecule has 5 rings (SSSR count). The maximum absolute atomic E-state index is 13.8. The Morgan fingerprint density at radius 2 is 2.02 bits per heavy atom. The van der Waals surface area contributed by atoms with E-state index in [0.717, 1.165) is 4.57 Å². The predicted octanol–water partition coefficient (Wildman–Crippen LogP) is 4.04. The van der Waals surface area contributed by atoms with E-state index in [2.05, 4.69) is 25.5 Å². The fourth-order valence-corrected chi connectivity index (χ4v) is 4.90. The fourth-order valence-electron chi connectivity index (χ4n) is 4.90. The van der Waals surface area contributed by atoms with Crippen LogP contribution in [0.2, 0.25) is 0 Å². The van der Waals surface area contributed by atoms with Crippen molar-refractivity contribution in [2.45, 2.75) is 64.5 Å². The SMILES string of the molecule is CNC(=O)OCc1nc(N(C)C(C)C)cc2c1CN(c1cccc(-c3nnc4n3C(C(F)(F)F)CCC4)n1)C2=O. The largest absolute Gasteiger partial charge is 0.443 e. The molecule has 0 fully saturated rings. The van der Waals surface area contributed by atoms with E-state index in [-0.39, 0.29) is 54.7 Å². The summed E-state index contributed by atoms with van der Waals surface area (Å²) in [7, 11) is 3.29. The first-order chi connectivity index (χ1) is 19.0. The quantitative estimate of drug-likeness (QED) is 0.482. The lowest BCUT2D eigenvalue weighted by Crippen LogP contribution is -2.31. The van der Waals surface area contributed by atoms with Crippen molar-refractivity contribution in [2.24, 2.45) is 0 Å². The minimum Gasteiger partial charge on any atom is -0.443 e. The van der Waals surface area contributed by atoms with Crippen LogP contribution in [0, 0.1) is 0 Å². The summed E-state index contributed by atoms with van der Waals surface area (Å²) in [6, 6.07) is 4.81. The van der Waals surface area contributed by atoms with Crippen LogP contribution in [-0.4, -0.2) is 63.0 Å². The molecule has 0 aromatic carbocycles. The van der Waals surface area contributed by atoms with Crippen LogP contribution < -0.4 is 15.1 Å². The molecular formula is C26H29F3N8O3. The molecule has 2 amide bonds. The van der Waals surface area contributed by atoms with E-state index in [1.165, 1.54) is 11.9 Å². The molecule has 1 N–H and O–H groups in total. The zero-order valence-electron chi connectivity index (χ0n) is 22.5. The number of fused-ring (bicyclic) bond motifs is 2. The Balaban J connectivity index is 1.51. The number of aromatic nitrogens is 5. The van der Waals surface area contributed by atoms with Crippen LogP contribution in [0.3, 0.4) is 0 Å².